The third-order valence-corrected chi connectivity index (χ3v) is 4.68. The molecule has 90 valence electrons. The number of rotatable bonds is 4. The lowest BCUT2D eigenvalue weighted by Gasteiger charge is -2.33. The van der Waals surface area contributed by atoms with Crippen LogP contribution in [0.1, 0.15) is 63.1 Å². The van der Waals surface area contributed by atoms with Gasteiger partial charge in [-0.3, -0.25) is 0 Å². The maximum atomic E-state index is 6.41. The first-order valence-electron chi connectivity index (χ1n) is 6.24. The van der Waals surface area contributed by atoms with Crippen LogP contribution in [0.2, 0.25) is 0 Å². The molecule has 0 amide bonds. The van der Waals surface area contributed by atoms with E-state index in [1.807, 2.05) is 0 Å². The molecule has 0 aliphatic heterocycles. The standard InChI is InChI=1S/C13H22N2S/c1-9(2)11-8-16-12(15-11)13(3,14)7-10-5-4-6-10/h8-10H,4-7,14H2,1-3H3. The third-order valence-electron chi connectivity index (χ3n) is 3.54. The van der Waals surface area contributed by atoms with E-state index in [-0.39, 0.29) is 5.54 Å². The summed E-state index contributed by atoms with van der Waals surface area (Å²) in [4.78, 5) is 4.69. The summed E-state index contributed by atoms with van der Waals surface area (Å²) in [6.07, 6.45) is 5.19. The SMILES string of the molecule is CC(C)c1csc(C(C)(N)CC2CCC2)n1. The molecule has 1 aromatic rings. The van der Waals surface area contributed by atoms with Crippen LogP contribution in [0.4, 0.5) is 0 Å². The van der Waals surface area contributed by atoms with Crippen molar-refractivity contribution >= 4 is 11.3 Å². The van der Waals surface area contributed by atoms with Crippen molar-refractivity contribution in [3.8, 4) is 0 Å². The van der Waals surface area contributed by atoms with Crippen LogP contribution >= 0.6 is 11.3 Å². The van der Waals surface area contributed by atoms with Crippen LogP contribution in [0.3, 0.4) is 0 Å². The summed E-state index contributed by atoms with van der Waals surface area (Å²) in [5, 5.41) is 3.27. The summed E-state index contributed by atoms with van der Waals surface area (Å²) in [6.45, 7) is 6.49. The molecule has 1 heterocycles. The lowest BCUT2D eigenvalue weighted by molar-refractivity contribution is 0.235. The fourth-order valence-electron chi connectivity index (χ4n) is 2.20. The second-order valence-corrected chi connectivity index (χ2v) is 6.51. The molecular weight excluding hydrogens is 216 g/mol. The van der Waals surface area contributed by atoms with Crippen molar-refractivity contribution in [2.45, 2.75) is 57.9 Å². The van der Waals surface area contributed by atoms with Crippen molar-refractivity contribution < 1.29 is 0 Å². The predicted octanol–water partition coefficient (Wildman–Crippen LogP) is 3.63. The Labute approximate surface area is 102 Å². The Kier molecular flexibility index (Phi) is 3.36. The first-order valence-corrected chi connectivity index (χ1v) is 7.12. The van der Waals surface area contributed by atoms with Gasteiger partial charge in [0.1, 0.15) is 5.01 Å². The number of hydrogen-bond donors (Lipinski definition) is 1. The molecule has 0 spiro atoms. The second-order valence-electron chi connectivity index (χ2n) is 5.65. The third kappa shape index (κ3) is 2.46. The first-order chi connectivity index (χ1) is 7.49. The fraction of sp³-hybridized carbons (Fsp3) is 0.769. The van der Waals surface area contributed by atoms with Crippen molar-refractivity contribution in [2.75, 3.05) is 0 Å². The second kappa shape index (κ2) is 4.46. The molecular formula is C13H22N2S. The van der Waals surface area contributed by atoms with Crippen LogP contribution in [0, 0.1) is 5.92 Å². The van der Waals surface area contributed by atoms with Crippen molar-refractivity contribution in [3.05, 3.63) is 16.1 Å². The van der Waals surface area contributed by atoms with Gasteiger partial charge >= 0.3 is 0 Å². The predicted molar refractivity (Wildman–Crippen MR) is 69.7 cm³/mol. The highest BCUT2D eigenvalue weighted by Crippen LogP contribution is 2.37. The van der Waals surface area contributed by atoms with E-state index in [4.69, 9.17) is 5.73 Å². The highest BCUT2D eigenvalue weighted by Gasteiger charge is 2.31. The maximum Gasteiger partial charge on any atom is 0.112 e. The summed E-state index contributed by atoms with van der Waals surface area (Å²) in [5.74, 6) is 1.34. The molecule has 2 nitrogen and oxygen atoms in total. The zero-order chi connectivity index (χ0) is 11.8. The molecule has 16 heavy (non-hydrogen) atoms. The first kappa shape index (κ1) is 12.1. The minimum Gasteiger partial charge on any atom is -0.320 e. The van der Waals surface area contributed by atoms with Gasteiger partial charge in [-0.1, -0.05) is 33.1 Å². The van der Waals surface area contributed by atoms with E-state index in [9.17, 15) is 0 Å². The number of nitrogens with zero attached hydrogens (tertiary/aromatic N) is 1. The number of hydrogen-bond acceptors (Lipinski definition) is 3. The lowest BCUT2D eigenvalue weighted by Crippen LogP contribution is -2.36. The van der Waals surface area contributed by atoms with E-state index >= 15 is 0 Å². The Morgan fingerprint density at radius 2 is 2.25 bits per heavy atom. The molecule has 0 saturated heterocycles. The van der Waals surface area contributed by atoms with Gasteiger partial charge in [0, 0.05) is 5.38 Å². The molecule has 1 aliphatic rings. The quantitative estimate of drug-likeness (QED) is 0.870. The highest BCUT2D eigenvalue weighted by atomic mass is 32.1. The molecule has 1 fully saturated rings. The molecule has 3 heteroatoms. The Balaban J connectivity index is 2.07. The Bertz CT molecular complexity index is 351. The molecule has 0 radical (unpaired) electrons. The molecule has 0 aromatic carbocycles. The van der Waals surface area contributed by atoms with Gasteiger partial charge in [0.15, 0.2) is 0 Å². The van der Waals surface area contributed by atoms with Gasteiger partial charge in [0.2, 0.25) is 0 Å². The van der Waals surface area contributed by atoms with Gasteiger partial charge < -0.3 is 5.73 Å². The Morgan fingerprint density at radius 3 is 2.69 bits per heavy atom. The number of thiazole rings is 1. The van der Waals surface area contributed by atoms with Crippen molar-refractivity contribution in [1.82, 2.24) is 4.98 Å². The van der Waals surface area contributed by atoms with Crippen LogP contribution in [0.15, 0.2) is 5.38 Å². The number of nitrogens with two attached hydrogens (primary N) is 1. The lowest BCUT2D eigenvalue weighted by atomic mass is 9.77. The van der Waals surface area contributed by atoms with Gasteiger partial charge in [-0.2, -0.15) is 0 Å². The molecule has 1 aromatic heterocycles. The summed E-state index contributed by atoms with van der Waals surface area (Å²) in [6, 6.07) is 0. The molecule has 0 bridgehead atoms. The van der Waals surface area contributed by atoms with Gasteiger partial charge in [-0.15, -0.1) is 11.3 Å². The van der Waals surface area contributed by atoms with Gasteiger partial charge in [0.25, 0.3) is 0 Å². The average Bonchev–Trinajstić information content (AvgIpc) is 2.61. The van der Waals surface area contributed by atoms with Crippen molar-refractivity contribution in [3.63, 3.8) is 0 Å². The van der Waals surface area contributed by atoms with Crippen molar-refractivity contribution in [1.29, 1.82) is 0 Å². The smallest absolute Gasteiger partial charge is 0.112 e. The maximum absolute atomic E-state index is 6.41. The molecule has 1 aliphatic carbocycles. The normalized spacial score (nSPS) is 20.8. The zero-order valence-electron chi connectivity index (χ0n) is 10.5. The van der Waals surface area contributed by atoms with E-state index in [1.165, 1.54) is 25.0 Å². The molecule has 1 saturated carbocycles. The molecule has 2 rings (SSSR count). The summed E-state index contributed by atoms with van der Waals surface area (Å²) >= 11 is 1.73. The summed E-state index contributed by atoms with van der Waals surface area (Å²) in [7, 11) is 0. The topological polar surface area (TPSA) is 38.9 Å². The van der Waals surface area contributed by atoms with Crippen LogP contribution in [0.25, 0.3) is 0 Å². The fourth-order valence-corrected chi connectivity index (χ4v) is 3.27. The van der Waals surface area contributed by atoms with E-state index in [0.717, 1.165) is 17.3 Å². The minimum absolute atomic E-state index is 0.219. The average molecular weight is 238 g/mol. The van der Waals surface area contributed by atoms with E-state index in [1.54, 1.807) is 11.3 Å². The Hall–Kier alpha value is -0.410. The number of aromatic nitrogens is 1. The van der Waals surface area contributed by atoms with Crippen LogP contribution in [-0.4, -0.2) is 4.98 Å². The van der Waals surface area contributed by atoms with Gasteiger partial charge in [-0.05, 0) is 25.2 Å². The van der Waals surface area contributed by atoms with Crippen LogP contribution < -0.4 is 5.73 Å². The van der Waals surface area contributed by atoms with E-state index < -0.39 is 0 Å². The summed E-state index contributed by atoms with van der Waals surface area (Å²) < 4.78 is 0. The largest absolute Gasteiger partial charge is 0.320 e. The zero-order valence-corrected chi connectivity index (χ0v) is 11.3. The monoisotopic (exact) mass is 238 g/mol. The molecule has 1 atom stereocenters. The molecule has 1 unspecified atom stereocenters. The van der Waals surface area contributed by atoms with E-state index in [2.05, 4.69) is 31.1 Å². The van der Waals surface area contributed by atoms with Crippen molar-refractivity contribution in [2.24, 2.45) is 11.7 Å². The molecule has 2 N–H and O–H groups in total. The van der Waals surface area contributed by atoms with E-state index in [0.29, 0.717) is 5.92 Å². The summed E-state index contributed by atoms with van der Waals surface area (Å²) in [5.41, 5.74) is 7.38. The van der Waals surface area contributed by atoms with Crippen LogP contribution in [-0.2, 0) is 5.54 Å². The van der Waals surface area contributed by atoms with Gasteiger partial charge in [0.05, 0.1) is 11.2 Å². The minimum atomic E-state index is -0.219. The Morgan fingerprint density at radius 1 is 1.56 bits per heavy atom. The highest BCUT2D eigenvalue weighted by molar-refractivity contribution is 7.09. The van der Waals surface area contributed by atoms with Gasteiger partial charge in [-0.25, -0.2) is 4.98 Å². The van der Waals surface area contributed by atoms with Crippen LogP contribution in [0.5, 0.6) is 0 Å².